The van der Waals surface area contributed by atoms with Crippen molar-refractivity contribution < 1.29 is 22.4 Å². The van der Waals surface area contributed by atoms with E-state index in [4.69, 9.17) is 0 Å². The number of pyridine rings is 1. The number of nitrogens with one attached hydrogen (secondary N) is 2. The summed E-state index contributed by atoms with van der Waals surface area (Å²) in [6.45, 7) is 0.402. The minimum atomic E-state index is -1.66. The molecule has 1 amide bonds. The number of hydrogen-bond acceptors (Lipinski definition) is 3. The highest BCUT2D eigenvalue weighted by atomic mass is 19.2. The lowest BCUT2D eigenvalue weighted by molar-refractivity contribution is 0.102. The lowest BCUT2D eigenvalue weighted by Gasteiger charge is -2.09. The zero-order valence-corrected chi connectivity index (χ0v) is 13.8. The van der Waals surface area contributed by atoms with Crippen LogP contribution >= 0.6 is 0 Å². The summed E-state index contributed by atoms with van der Waals surface area (Å²) in [7, 11) is 0. The Hall–Kier alpha value is -3.42. The summed E-state index contributed by atoms with van der Waals surface area (Å²) in [5.41, 5.74) is 0.470. The number of carbonyl (C=O) groups excluding carboxylic acids is 1. The van der Waals surface area contributed by atoms with Gasteiger partial charge >= 0.3 is 0 Å². The predicted octanol–water partition coefficient (Wildman–Crippen LogP) is 4.50. The molecule has 3 aromatic rings. The molecule has 0 spiro atoms. The molecule has 0 bridgehead atoms. The van der Waals surface area contributed by atoms with Gasteiger partial charge in [0.15, 0.2) is 17.5 Å². The van der Waals surface area contributed by atoms with E-state index in [1.165, 1.54) is 30.5 Å². The first-order chi connectivity index (χ1) is 12.9. The summed E-state index contributed by atoms with van der Waals surface area (Å²) < 4.78 is 52.6. The predicted molar refractivity (Wildman–Crippen MR) is 92.2 cm³/mol. The number of carbonyl (C=O) groups is 1. The second kappa shape index (κ2) is 7.86. The molecule has 4 nitrogen and oxygen atoms in total. The molecule has 0 saturated heterocycles. The summed E-state index contributed by atoms with van der Waals surface area (Å²) in [5.74, 6) is -5.07. The van der Waals surface area contributed by atoms with Crippen molar-refractivity contribution in [1.29, 1.82) is 0 Å². The van der Waals surface area contributed by atoms with Crippen molar-refractivity contribution in [2.75, 3.05) is 10.6 Å². The lowest BCUT2D eigenvalue weighted by atomic mass is 10.2. The van der Waals surface area contributed by atoms with E-state index >= 15 is 0 Å². The number of hydrogen-bond donors (Lipinski definition) is 2. The number of aromatic nitrogens is 1. The summed E-state index contributed by atoms with van der Waals surface area (Å²) in [5, 5.41) is 5.16. The van der Waals surface area contributed by atoms with Crippen LogP contribution in [-0.4, -0.2) is 10.9 Å². The molecule has 0 aliphatic carbocycles. The van der Waals surface area contributed by atoms with E-state index in [2.05, 4.69) is 15.6 Å². The normalized spacial score (nSPS) is 10.5. The van der Waals surface area contributed by atoms with Crippen LogP contribution in [0.5, 0.6) is 0 Å². The highest BCUT2D eigenvalue weighted by Crippen LogP contribution is 2.20. The summed E-state index contributed by atoms with van der Waals surface area (Å²) >= 11 is 0. The highest BCUT2D eigenvalue weighted by Gasteiger charge is 2.16. The van der Waals surface area contributed by atoms with Gasteiger partial charge in [0.2, 0.25) is 0 Å². The molecule has 3 rings (SSSR count). The first-order valence-electron chi connectivity index (χ1n) is 7.83. The first kappa shape index (κ1) is 18.4. The standard InChI is InChI=1S/C19H13F4N3O/c20-13-4-1-11(2-5-13)9-24-16-8-3-12(10-25-16)19(27)26-15-7-6-14(21)17(22)18(15)23/h1-8,10H,9H2,(H,24,25)(H,26,27). The maximum Gasteiger partial charge on any atom is 0.257 e. The van der Waals surface area contributed by atoms with Crippen molar-refractivity contribution in [3.8, 4) is 0 Å². The van der Waals surface area contributed by atoms with Gasteiger partial charge in [0.1, 0.15) is 11.6 Å². The zero-order chi connectivity index (χ0) is 19.4. The van der Waals surface area contributed by atoms with Crippen LogP contribution in [0.3, 0.4) is 0 Å². The fourth-order valence-electron chi connectivity index (χ4n) is 2.24. The second-order valence-corrected chi connectivity index (χ2v) is 5.59. The molecule has 0 fully saturated rings. The number of amides is 1. The quantitative estimate of drug-likeness (QED) is 0.510. The zero-order valence-electron chi connectivity index (χ0n) is 13.8. The number of anilines is 2. The minimum Gasteiger partial charge on any atom is -0.366 e. The third-order valence-electron chi connectivity index (χ3n) is 3.70. The minimum absolute atomic E-state index is 0.103. The molecule has 0 aliphatic rings. The van der Waals surface area contributed by atoms with Crippen LogP contribution in [0.4, 0.5) is 29.1 Å². The average Bonchev–Trinajstić information content (AvgIpc) is 2.68. The molecule has 0 unspecified atom stereocenters. The van der Waals surface area contributed by atoms with Gasteiger partial charge in [0.25, 0.3) is 5.91 Å². The van der Waals surface area contributed by atoms with Gasteiger partial charge in [0, 0.05) is 12.7 Å². The molecule has 27 heavy (non-hydrogen) atoms. The molecule has 2 N–H and O–H groups in total. The first-order valence-corrected chi connectivity index (χ1v) is 7.83. The van der Waals surface area contributed by atoms with E-state index in [9.17, 15) is 22.4 Å². The van der Waals surface area contributed by atoms with Gasteiger partial charge in [-0.25, -0.2) is 22.5 Å². The van der Waals surface area contributed by atoms with E-state index in [0.717, 1.165) is 17.7 Å². The molecule has 0 radical (unpaired) electrons. The Morgan fingerprint density at radius 2 is 1.63 bits per heavy atom. The van der Waals surface area contributed by atoms with Crippen LogP contribution in [-0.2, 0) is 6.54 Å². The molecule has 1 heterocycles. The monoisotopic (exact) mass is 375 g/mol. The molecule has 0 saturated carbocycles. The maximum atomic E-state index is 13.6. The Bertz CT molecular complexity index is 960. The van der Waals surface area contributed by atoms with Crippen molar-refractivity contribution in [2.45, 2.75) is 6.54 Å². The van der Waals surface area contributed by atoms with E-state index < -0.39 is 29.0 Å². The van der Waals surface area contributed by atoms with E-state index in [-0.39, 0.29) is 11.4 Å². The molecule has 138 valence electrons. The average molecular weight is 375 g/mol. The van der Waals surface area contributed by atoms with Crippen LogP contribution < -0.4 is 10.6 Å². The maximum absolute atomic E-state index is 13.6. The van der Waals surface area contributed by atoms with Crippen molar-refractivity contribution in [3.63, 3.8) is 0 Å². The molecule has 2 aromatic carbocycles. The Balaban J connectivity index is 1.63. The van der Waals surface area contributed by atoms with Crippen molar-refractivity contribution in [2.24, 2.45) is 0 Å². The smallest absolute Gasteiger partial charge is 0.257 e. The van der Waals surface area contributed by atoms with Crippen LogP contribution in [0.15, 0.2) is 54.7 Å². The molecule has 0 aliphatic heterocycles. The van der Waals surface area contributed by atoms with Crippen LogP contribution in [0.1, 0.15) is 15.9 Å². The lowest BCUT2D eigenvalue weighted by Crippen LogP contribution is -2.14. The molecule has 0 atom stereocenters. The van der Waals surface area contributed by atoms with E-state index in [1.807, 2.05) is 0 Å². The van der Waals surface area contributed by atoms with Gasteiger partial charge in [-0.1, -0.05) is 12.1 Å². The van der Waals surface area contributed by atoms with Crippen molar-refractivity contribution >= 4 is 17.4 Å². The summed E-state index contributed by atoms with van der Waals surface area (Å²) in [4.78, 5) is 16.1. The number of rotatable bonds is 5. The molecular formula is C19H13F4N3O. The van der Waals surface area contributed by atoms with Crippen molar-refractivity contribution in [1.82, 2.24) is 4.98 Å². The van der Waals surface area contributed by atoms with Gasteiger partial charge in [-0.3, -0.25) is 4.79 Å². The van der Waals surface area contributed by atoms with Crippen LogP contribution in [0.2, 0.25) is 0 Å². The summed E-state index contributed by atoms with van der Waals surface area (Å²) in [6.07, 6.45) is 1.25. The molecule has 8 heteroatoms. The van der Waals surface area contributed by atoms with Gasteiger partial charge in [-0.15, -0.1) is 0 Å². The third-order valence-corrected chi connectivity index (χ3v) is 3.70. The second-order valence-electron chi connectivity index (χ2n) is 5.59. The van der Waals surface area contributed by atoms with Gasteiger partial charge in [-0.05, 0) is 42.0 Å². The Kier molecular flexibility index (Phi) is 5.35. The Labute approximate surface area is 151 Å². The highest BCUT2D eigenvalue weighted by molar-refractivity contribution is 6.04. The number of benzene rings is 2. The van der Waals surface area contributed by atoms with Crippen molar-refractivity contribution in [3.05, 3.63) is 89.1 Å². The molecule has 1 aromatic heterocycles. The van der Waals surface area contributed by atoms with Gasteiger partial charge < -0.3 is 10.6 Å². The van der Waals surface area contributed by atoms with Gasteiger partial charge in [-0.2, -0.15) is 0 Å². The Morgan fingerprint density at radius 1 is 0.889 bits per heavy atom. The van der Waals surface area contributed by atoms with E-state index in [0.29, 0.717) is 12.4 Å². The summed E-state index contributed by atoms with van der Waals surface area (Å²) in [6, 6.07) is 10.5. The number of nitrogens with zero attached hydrogens (tertiary/aromatic N) is 1. The topological polar surface area (TPSA) is 54.0 Å². The largest absolute Gasteiger partial charge is 0.366 e. The van der Waals surface area contributed by atoms with Gasteiger partial charge in [0.05, 0.1) is 11.3 Å². The SMILES string of the molecule is O=C(Nc1ccc(F)c(F)c1F)c1ccc(NCc2ccc(F)cc2)nc1. The fraction of sp³-hybridized carbons (Fsp3) is 0.0526. The number of halogens is 4. The molecular weight excluding hydrogens is 362 g/mol. The van der Waals surface area contributed by atoms with Crippen LogP contribution in [0.25, 0.3) is 0 Å². The van der Waals surface area contributed by atoms with Crippen LogP contribution in [0, 0.1) is 23.3 Å². The van der Waals surface area contributed by atoms with E-state index in [1.54, 1.807) is 12.1 Å². The fourth-order valence-corrected chi connectivity index (χ4v) is 2.24. The Morgan fingerprint density at radius 3 is 2.30 bits per heavy atom. The third kappa shape index (κ3) is 4.41.